The monoisotopic (exact) mass is 265 g/mol. The number of hydrogen-bond donors (Lipinski definition) is 2. The molecule has 1 aromatic carbocycles. The average Bonchev–Trinajstić information content (AvgIpc) is 2.42. The molecule has 1 atom stereocenters. The molecule has 0 aliphatic carbocycles. The van der Waals surface area contributed by atoms with Crippen LogP contribution in [0.1, 0.15) is 31.7 Å². The van der Waals surface area contributed by atoms with Gasteiger partial charge in [-0.1, -0.05) is 18.6 Å². The van der Waals surface area contributed by atoms with Gasteiger partial charge in [-0.2, -0.15) is 0 Å². The molecule has 3 N–H and O–H groups in total. The third-order valence-electron chi connectivity index (χ3n) is 3.74. The molecule has 0 amide bonds. The maximum atomic E-state index is 12.9. The summed E-state index contributed by atoms with van der Waals surface area (Å²) in [6.45, 7) is 4.85. The summed E-state index contributed by atoms with van der Waals surface area (Å²) in [4.78, 5) is 0. The van der Waals surface area contributed by atoms with Gasteiger partial charge in [0.1, 0.15) is 5.82 Å². The van der Waals surface area contributed by atoms with Crippen LogP contribution in [-0.2, 0) is 6.42 Å². The van der Waals surface area contributed by atoms with Crippen molar-refractivity contribution < 1.29 is 4.39 Å². The average molecular weight is 265 g/mol. The summed E-state index contributed by atoms with van der Waals surface area (Å²) in [7, 11) is 0. The van der Waals surface area contributed by atoms with Gasteiger partial charge in [0.05, 0.1) is 0 Å². The van der Waals surface area contributed by atoms with Crippen molar-refractivity contribution in [2.75, 3.05) is 19.6 Å². The molecule has 106 valence electrons. The number of nitrogens with one attached hydrogen (secondary N) is 1. The Morgan fingerprint density at radius 2 is 1.84 bits per heavy atom. The second-order valence-electron chi connectivity index (χ2n) is 5.73. The van der Waals surface area contributed by atoms with Crippen LogP contribution in [0.15, 0.2) is 24.3 Å². The van der Waals surface area contributed by atoms with Gasteiger partial charge >= 0.3 is 0 Å². The quantitative estimate of drug-likeness (QED) is 0.856. The van der Waals surface area contributed by atoms with Gasteiger partial charge in [-0.25, -0.2) is 14.8 Å². The molecule has 1 unspecified atom stereocenters. The Morgan fingerprint density at radius 3 is 2.42 bits per heavy atom. The number of nitrogens with two attached hydrogens (primary N) is 1. The highest BCUT2D eigenvalue weighted by atomic mass is 19.1. The minimum Gasteiger partial charge on any atom is -0.329 e. The van der Waals surface area contributed by atoms with Crippen molar-refractivity contribution in [2.24, 2.45) is 5.73 Å². The zero-order chi connectivity index (χ0) is 13.7. The van der Waals surface area contributed by atoms with Crippen LogP contribution >= 0.6 is 0 Å². The fourth-order valence-electron chi connectivity index (χ4n) is 2.60. The largest absolute Gasteiger partial charge is 0.329 e. The number of benzene rings is 1. The number of hydrazine groups is 1. The summed E-state index contributed by atoms with van der Waals surface area (Å²) in [5, 5.41) is 2.28. The molecule has 4 heteroatoms. The minimum atomic E-state index is -0.192. The van der Waals surface area contributed by atoms with E-state index < -0.39 is 0 Å². The molecule has 0 aromatic heterocycles. The smallest absolute Gasteiger partial charge is 0.123 e. The molecule has 2 rings (SSSR count). The zero-order valence-electron chi connectivity index (χ0n) is 11.7. The van der Waals surface area contributed by atoms with Crippen LogP contribution in [0.5, 0.6) is 0 Å². The van der Waals surface area contributed by atoms with Crippen molar-refractivity contribution in [3.05, 3.63) is 35.6 Å². The Bertz CT molecular complexity index is 387. The fraction of sp³-hybridized carbons (Fsp3) is 0.600. The minimum absolute atomic E-state index is 0.171. The third kappa shape index (κ3) is 4.27. The van der Waals surface area contributed by atoms with Crippen LogP contribution in [0.3, 0.4) is 0 Å². The van der Waals surface area contributed by atoms with Crippen LogP contribution in [0.2, 0.25) is 0 Å². The van der Waals surface area contributed by atoms with Crippen LogP contribution < -0.4 is 11.2 Å². The van der Waals surface area contributed by atoms with Gasteiger partial charge in [-0.3, -0.25) is 0 Å². The van der Waals surface area contributed by atoms with Gasteiger partial charge in [0, 0.05) is 25.2 Å². The van der Waals surface area contributed by atoms with Crippen molar-refractivity contribution in [3.63, 3.8) is 0 Å². The molecule has 1 heterocycles. The number of piperidine rings is 1. The Morgan fingerprint density at radius 1 is 1.21 bits per heavy atom. The van der Waals surface area contributed by atoms with Gasteiger partial charge in [0.15, 0.2) is 0 Å². The molecular formula is C15H24FN3. The van der Waals surface area contributed by atoms with E-state index in [0.717, 1.165) is 25.1 Å². The number of hydrogen-bond acceptors (Lipinski definition) is 3. The van der Waals surface area contributed by atoms with E-state index in [1.54, 1.807) is 0 Å². The number of nitrogens with zero attached hydrogens (tertiary/aromatic N) is 1. The highest BCUT2D eigenvalue weighted by Crippen LogP contribution is 2.16. The van der Waals surface area contributed by atoms with Crippen LogP contribution in [0.25, 0.3) is 0 Å². The maximum Gasteiger partial charge on any atom is 0.123 e. The Labute approximate surface area is 114 Å². The Hall–Kier alpha value is -0.970. The first-order valence-electron chi connectivity index (χ1n) is 7.09. The molecule has 0 bridgehead atoms. The maximum absolute atomic E-state index is 12.9. The molecular weight excluding hydrogens is 241 g/mol. The summed E-state index contributed by atoms with van der Waals surface area (Å²) >= 11 is 0. The predicted octanol–water partition coefficient (Wildman–Crippen LogP) is 2.08. The topological polar surface area (TPSA) is 41.3 Å². The molecule has 3 nitrogen and oxygen atoms in total. The summed E-state index contributed by atoms with van der Waals surface area (Å²) in [5.41, 5.74) is 10.4. The van der Waals surface area contributed by atoms with Crippen LogP contribution in [0.4, 0.5) is 4.39 Å². The lowest BCUT2D eigenvalue weighted by molar-refractivity contribution is 0.0910. The normalized spacial score (nSPS) is 20.2. The van der Waals surface area contributed by atoms with Gasteiger partial charge in [-0.15, -0.1) is 0 Å². The zero-order valence-corrected chi connectivity index (χ0v) is 11.7. The van der Waals surface area contributed by atoms with Crippen molar-refractivity contribution >= 4 is 0 Å². The Kier molecular flexibility index (Phi) is 4.91. The van der Waals surface area contributed by atoms with E-state index in [0.29, 0.717) is 6.54 Å². The van der Waals surface area contributed by atoms with Gasteiger partial charge in [0.25, 0.3) is 0 Å². The lowest BCUT2D eigenvalue weighted by atomic mass is 9.93. The first-order valence-corrected chi connectivity index (χ1v) is 7.09. The van der Waals surface area contributed by atoms with Gasteiger partial charge in [-0.05, 0) is 43.9 Å². The number of rotatable bonds is 5. The second-order valence-corrected chi connectivity index (χ2v) is 5.73. The summed E-state index contributed by atoms with van der Waals surface area (Å²) in [6.07, 6.45) is 4.60. The first kappa shape index (κ1) is 14.4. The molecule has 0 saturated carbocycles. The SMILES string of the molecule is CC(CN)(Cc1ccc(F)cc1)NN1CCCCC1. The lowest BCUT2D eigenvalue weighted by Crippen LogP contribution is -2.58. The lowest BCUT2D eigenvalue weighted by Gasteiger charge is -2.38. The highest BCUT2D eigenvalue weighted by molar-refractivity contribution is 5.18. The van der Waals surface area contributed by atoms with E-state index in [1.807, 2.05) is 12.1 Å². The molecule has 1 aliphatic heterocycles. The highest BCUT2D eigenvalue weighted by Gasteiger charge is 2.26. The summed E-state index contributed by atoms with van der Waals surface area (Å²) in [5.74, 6) is -0.192. The Balaban J connectivity index is 1.98. The van der Waals surface area contributed by atoms with Crippen molar-refractivity contribution in [2.45, 2.75) is 38.1 Å². The molecule has 1 aromatic rings. The van der Waals surface area contributed by atoms with E-state index in [9.17, 15) is 4.39 Å². The van der Waals surface area contributed by atoms with E-state index in [-0.39, 0.29) is 11.4 Å². The molecule has 1 fully saturated rings. The third-order valence-corrected chi connectivity index (χ3v) is 3.74. The van der Waals surface area contributed by atoms with E-state index in [1.165, 1.54) is 31.4 Å². The fourth-order valence-corrected chi connectivity index (χ4v) is 2.60. The first-order chi connectivity index (χ1) is 9.11. The number of halogens is 1. The second kappa shape index (κ2) is 6.46. The van der Waals surface area contributed by atoms with Gasteiger partial charge in [0.2, 0.25) is 0 Å². The summed E-state index contributed by atoms with van der Waals surface area (Å²) in [6, 6.07) is 6.68. The molecule has 1 saturated heterocycles. The van der Waals surface area contributed by atoms with Crippen LogP contribution in [0, 0.1) is 5.82 Å². The van der Waals surface area contributed by atoms with Crippen LogP contribution in [-0.4, -0.2) is 30.2 Å². The summed E-state index contributed by atoms with van der Waals surface area (Å²) < 4.78 is 12.9. The van der Waals surface area contributed by atoms with E-state index >= 15 is 0 Å². The molecule has 1 aliphatic rings. The standard InChI is InChI=1S/C15H24FN3/c1-15(12-17,18-19-9-3-2-4-10-19)11-13-5-7-14(16)8-6-13/h5-8,18H,2-4,9-12,17H2,1H3. The molecule has 0 radical (unpaired) electrons. The molecule has 0 spiro atoms. The van der Waals surface area contributed by atoms with Gasteiger partial charge < -0.3 is 5.73 Å². The van der Waals surface area contributed by atoms with Crippen molar-refractivity contribution in [1.82, 2.24) is 10.4 Å². The van der Waals surface area contributed by atoms with Crippen molar-refractivity contribution in [3.8, 4) is 0 Å². The van der Waals surface area contributed by atoms with E-state index in [4.69, 9.17) is 5.73 Å². The van der Waals surface area contributed by atoms with Crippen molar-refractivity contribution in [1.29, 1.82) is 0 Å². The molecule has 19 heavy (non-hydrogen) atoms. The van der Waals surface area contributed by atoms with E-state index in [2.05, 4.69) is 17.4 Å². The predicted molar refractivity (Wildman–Crippen MR) is 76.1 cm³/mol.